The maximum atomic E-state index is 11.3. The number of nitrogens with zero attached hydrogens (tertiary/aromatic N) is 3. The van der Waals surface area contributed by atoms with Crippen LogP contribution >= 0.6 is 0 Å². The summed E-state index contributed by atoms with van der Waals surface area (Å²) < 4.78 is 1.85. The number of aromatic nitrogens is 2. The minimum absolute atomic E-state index is 0.211. The number of carbonyl (C=O) groups is 1. The van der Waals surface area contributed by atoms with Gasteiger partial charge in [-0.1, -0.05) is 11.8 Å². The van der Waals surface area contributed by atoms with E-state index in [0.717, 1.165) is 0 Å². The van der Waals surface area contributed by atoms with Gasteiger partial charge in [0.2, 0.25) is 0 Å². The third-order valence-corrected chi connectivity index (χ3v) is 2.48. The summed E-state index contributed by atoms with van der Waals surface area (Å²) in [6.07, 6.45) is 4.92. The lowest BCUT2D eigenvalue weighted by molar-refractivity contribution is -0.133. The van der Waals surface area contributed by atoms with E-state index in [-0.39, 0.29) is 5.91 Å². The zero-order valence-corrected chi connectivity index (χ0v) is 8.83. The Morgan fingerprint density at radius 3 is 2.94 bits per heavy atom. The minimum atomic E-state index is -0.824. The number of carbonyl (C=O) groups excluding carboxylic acids is 1. The van der Waals surface area contributed by atoms with Crippen molar-refractivity contribution in [2.45, 2.75) is 19.1 Å². The van der Waals surface area contributed by atoms with Gasteiger partial charge >= 0.3 is 0 Å². The third-order valence-electron chi connectivity index (χ3n) is 2.48. The maximum Gasteiger partial charge on any atom is 0.252 e. The van der Waals surface area contributed by atoms with Crippen LogP contribution in [0.5, 0.6) is 0 Å². The fourth-order valence-corrected chi connectivity index (χ4v) is 1.56. The first-order chi connectivity index (χ1) is 7.77. The molecule has 0 aromatic carbocycles. The summed E-state index contributed by atoms with van der Waals surface area (Å²) in [4.78, 5) is 16.8. The Kier molecular flexibility index (Phi) is 3.22. The van der Waals surface area contributed by atoms with Crippen molar-refractivity contribution in [3.8, 4) is 11.8 Å². The predicted octanol–water partition coefficient (Wildman–Crippen LogP) is -0.520. The van der Waals surface area contributed by atoms with E-state index in [2.05, 4.69) is 16.8 Å². The SMILES string of the molecule is O=C1C(O)CCN1CC#CCn1ccnc1. The average Bonchev–Trinajstić information content (AvgIpc) is 2.88. The van der Waals surface area contributed by atoms with Gasteiger partial charge in [-0.3, -0.25) is 4.79 Å². The van der Waals surface area contributed by atoms with Crippen LogP contribution in [0.15, 0.2) is 18.7 Å². The van der Waals surface area contributed by atoms with E-state index in [9.17, 15) is 9.90 Å². The molecule has 1 saturated heterocycles. The molecule has 0 bridgehead atoms. The topological polar surface area (TPSA) is 58.4 Å². The zero-order valence-electron chi connectivity index (χ0n) is 8.83. The molecule has 0 spiro atoms. The molecule has 5 nitrogen and oxygen atoms in total. The van der Waals surface area contributed by atoms with Crippen molar-refractivity contribution in [1.29, 1.82) is 0 Å². The Bertz CT molecular complexity index is 416. The van der Waals surface area contributed by atoms with E-state index < -0.39 is 6.10 Å². The van der Waals surface area contributed by atoms with E-state index >= 15 is 0 Å². The van der Waals surface area contributed by atoms with Crippen LogP contribution in [0.3, 0.4) is 0 Å². The molecule has 1 aromatic heterocycles. The van der Waals surface area contributed by atoms with Gasteiger partial charge in [-0.2, -0.15) is 0 Å². The van der Waals surface area contributed by atoms with Crippen molar-refractivity contribution in [2.75, 3.05) is 13.1 Å². The summed E-state index contributed by atoms with van der Waals surface area (Å²) in [7, 11) is 0. The molecule has 1 amide bonds. The standard InChI is InChI=1S/C11H13N3O2/c15-10-3-7-14(11(10)16)6-2-1-5-13-8-4-12-9-13/h4,8-10,15H,3,5-7H2. The van der Waals surface area contributed by atoms with Gasteiger partial charge in [0.25, 0.3) is 5.91 Å². The molecule has 1 unspecified atom stereocenters. The van der Waals surface area contributed by atoms with Crippen LogP contribution in [0, 0.1) is 11.8 Å². The number of likely N-dealkylation sites (tertiary alicyclic amines) is 1. The van der Waals surface area contributed by atoms with Crippen LogP contribution in [0.25, 0.3) is 0 Å². The highest BCUT2D eigenvalue weighted by Gasteiger charge is 2.28. The highest BCUT2D eigenvalue weighted by molar-refractivity contribution is 5.82. The molecule has 2 rings (SSSR count). The first kappa shape index (κ1) is 10.7. The molecular weight excluding hydrogens is 206 g/mol. The van der Waals surface area contributed by atoms with Gasteiger partial charge in [-0.05, 0) is 6.42 Å². The lowest BCUT2D eigenvalue weighted by Gasteiger charge is -2.10. The van der Waals surface area contributed by atoms with Crippen molar-refractivity contribution in [1.82, 2.24) is 14.5 Å². The van der Waals surface area contributed by atoms with Gasteiger partial charge in [-0.15, -0.1) is 0 Å². The molecule has 1 atom stereocenters. The molecule has 1 aromatic rings. The molecule has 0 aliphatic carbocycles. The summed E-state index contributed by atoms with van der Waals surface area (Å²) >= 11 is 0. The van der Waals surface area contributed by atoms with Gasteiger partial charge < -0.3 is 14.6 Å². The van der Waals surface area contributed by atoms with Crippen LogP contribution < -0.4 is 0 Å². The van der Waals surface area contributed by atoms with E-state index in [0.29, 0.717) is 26.1 Å². The van der Waals surface area contributed by atoms with Crippen molar-refractivity contribution >= 4 is 5.91 Å². The lowest BCUT2D eigenvalue weighted by Crippen LogP contribution is -2.29. The molecule has 1 aliphatic rings. The number of hydrogen-bond donors (Lipinski definition) is 1. The molecular formula is C11H13N3O2. The van der Waals surface area contributed by atoms with Gasteiger partial charge in [0.15, 0.2) is 0 Å². The molecule has 16 heavy (non-hydrogen) atoms. The zero-order chi connectivity index (χ0) is 11.4. The smallest absolute Gasteiger partial charge is 0.252 e. The van der Waals surface area contributed by atoms with Gasteiger partial charge in [0.05, 0.1) is 19.4 Å². The Balaban J connectivity index is 1.80. The summed E-state index contributed by atoms with van der Waals surface area (Å²) in [5.41, 5.74) is 0. The summed E-state index contributed by atoms with van der Waals surface area (Å²) in [5.74, 6) is 5.65. The van der Waals surface area contributed by atoms with Crippen molar-refractivity contribution in [3.05, 3.63) is 18.7 Å². The maximum absolute atomic E-state index is 11.3. The molecule has 1 N–H and O–H groups in total. The Morgan fingerprint density at radius 2 is 2.31 bits per heavy atom. The second-order valence-corrected chi connectivity index (χ2v) is 3.65. The highest BCUT2D eigenvalue weighted by atomic mass is 16.3. The largest absolute Gasteiger partial charge is 0.383 e. The predicted molar refractivity (Wildman–Crippen MR) is 57.2 cm³/mol. The fourth-order valence-electron chi connectivity index (χ4n) is 1.56. The summed E-state index contributed by atoms with van der Waals surface area (Å²) in [6, 6.07) is 0. The van der Waals surface area contributed by atoms with E-state index in [1.807, 2.05) is 10.8 Å². The van der Waals surface area contributed by atoms with Crippen LogP contribution in [0.1, 0.15) is 6.42 Å². The second-order valence-electron chi connectivity index (χ2n) is 3.65. The van der Waals surface area contributed by atoms with Crippen molar-refractivity contribution in [3.63, 3.8) is 0 Å². The Morgan fingerprint density at radius 1 is 1.50 bits per heavy atom. The quantitative estimate of drug-likeness (QED) is 0.681. The molecule has 1 aliphatic heterocycles. The summed E-state index contributed by atoms with van der Waals surface area (Å²) in [5, 5.41) is 9.22. The minimum Gasteiger partial charge on any atom is -0.383 e. The highest BCUT2D eigenvalue weighted by Crippen LogP contribution is 2.09. The van der Waals surface area contributed by atoms with Crippen molar-refractivity contribution in [2.24, 2.45) is 0 Å². The fraction of sp³-hybridized carbons (Fsp3) is 0.455. The number of amides is 1. The molecule has 1 fully saturated rings. The first-order valence-electron chi connectivity index (χ1n) is 5.15. The first-order valence-corrected chi connectivity index (χ1v) is 5.15. The van der Waals surface area contributed by atoms with Crippen LogP contribution in [0.4, 0.5) is 0 Å². The molecule has 5 heteroatoms. The second kappa shape index (κ2) is 4.81. The van der Waals surface area contributed by atoms with E-state index in [4.69, 9.17) is 0 Å². The third kappa shape index (κ3) is 2.41. The van der Waals surface area contributed by atoms with Crippen LogP contribution in [-0.2, 0) is 11.3 Å². The molecule has 0 saturated carbocycles. The summed E-state index contributed by atoms with van der Waals surface area (Å²) in [6.45, 7) is 1.56. The van der Waals surface area contributed by atoms with Crippen molar-refractivity contribution < 1.29 is 9.90 Å². The van der Waals surface area contributed by atoms with Gasteiger partial charge in [0.1, 0.15) is 6.10 Å². The van der Waals surface area contributed by atoms with Crippen LogP contribution in [-0.4, -0.2) is 44.7 Å². The van der Waals surface area contributed by atoms with Gasteiger partial charge in [0, 0.05) is 18.9 Å². The lowest BCUT2D eigenvalue weighted by atomic mass is 10.3. The normalized spacial score (nSPS) is 19.7. The average molecular weight is 219 g/mol. The van der Waals surface area contributed by atoms with E-state index in [1.165, 1.54) is 0 Å². The Hall–Kier alpha value is -1.80. The number of rotatable bonds is 2. The number of aliphatic hydroxyl groups excluding tert-OH is 1. The Labute approximate surface area is 93.7 Å². The number of aliphatic hydroxyl groups is 1. The van der Waals surface area contributed by atoms with Gasteiger partial charge in [-0.25, -0.2) is 4.98 Å². The number of imidazole rings is 1. The molecule has 84 valence electrons. The number of hydrogen-bond acceptors (Lipinski definition) is 3. The molecule has 0 radical (unpaired) electrons. The molecule has 2 heterocycles. The van der Waals surface area contributed by atoms with Crippen LogP contribution in [0.2, 0.25) is 0 Å². The monoisotopic (exact) mass is 219 g/mol. The van der Waals surface area contributed by atoms with E-state index in [1.54, 1.807) is 17.4 Å².